The number of rotatable bonds is 11. The van der Waals surface area contributed by atoms with Gasteiger partial charge in [0.15, 0.2) is 22.5 Å². The summed E-state index contributed by atoms with van der Waals surface area (Å²) in [5, 5.41) is 11.8. The molecule has 0 unspecified atom stereocenters. The topological polar surface area (TPSA) is 105 Å². The third kappa shape index (κ3) is 6.38. The van der Waals surface area contributed by atoms with Crippen LogP contribution in [0.4, 0.5) is 5.69 Å². The number of aromatic nitrogens is 3. The van der Waals surface area contributed by atoms with Crippen LogP contribution in [0.2, 0.25) is 0 Å². The monoisotopic (exact) mass is 482 g/mol. The van der Waals surface area contributed by atoms with E-state index >= 15 is 0 Å². The van der Waals surface area contributed by atoms with Gasteiger partial charge in [-0.25, -0.2) is 4.79 Å². The molecular weight excluding hydrogens is 456 g/mol. The molecule has 34 heavy (non-hydrogen) atoms. The summed E-state index contributed by atoms with van der Waals surface area (Å²) in [6, 6.07) is 12.1. The second kappa shape index (κ2) is 11.9. The van der Waals surface area contributed by atoms with Gasteiger partial charge in [0, 0.05) is 12.2 Å². The Bertz CT molecular complexity index is 1160. The molecule has 3 aromatic rings. The highest BCUT2D eigenvalue weighted by atomic mass is 32.2. The zero-order chi connectivity index (χ0) is 24.5. The molecule has 1 aromatic heterocycles. The van der Waals surface area contributed by atoms with Crippen molar-refractivity contribution >= 4 is 29.3 Å². The molecular formula is C24H26N4O5S. The minimum atomic E-state index is -0.435. The lowest BCUT2D eigenvalue weighted by molar-refractivity contribution is -0.113. The quantitative estimate of drug-likeness (QED) is 0.249. The molecule has 0 atom stereocenters. The van der Waals surface area contributed by atoms with Crippen LogP contribution in [0.25, 0.3) is 0 Å². The Hall–Kier alpha value is -3.79. The third-order valence-electron chi connectivity index (χ3n) is 4.70. The van der Waals surface area contributed by atoms with E-state index in [1.165, 1.54) is 18.9 Å². The smallest absolute Gasteiger partial charge is 0.337 e. The number of thioether (sulfide) groups is 1. The summed E-state index contributed by atoms with van der Waals surface area (Å²) < 4.78 is 17.8. The van der Waals surface area contributed by atoms with Gasteiger partial charge in [-0.1, -0.05) is 23.9 Å². The average Bonchev–Trinajstić information content (AvgIpc) is 3.23. The molecule has 0 fully saturated rings. The number of methoxy groups -OCH3 is 2. The van der Waals surface area contributed by atoms with Crippen LogP contribution in [-0.4, -0.2) is 46.6 Å². The first-order valence-electron chi connectivity index (χ1n) is 10.4. The highest BCUT2D eigenvalue weighted by molar-refractivity contribution is 7.99. The number of amides is 1. The summed E-state index contributed by atoms with van der Waals surface area (Å²) in [5.41, 5.74) is 2.05. The lowest BCUT2D eigenvalue weighted by atomic mass is 10.2. The SMILES string of the molecule is C=CCn1c(COc2ccc(C)cc2OC)nnc1SCC(=O)Nc1ccc(C(=O)OC)cc1. The molecule has 1 N–H and O–H groups in total. The number of nitrogens with zero attached hydrogens (tertiary/aromatic N) is 3. The van der Waals surface area contributed by atoms with Crippen LogP contribution in [0, 0.1) is 6.92 Å². The molecule has 178 valence electrons. The standard InChI is InChI=1S/C24H26N4O5S/c1-5-12-28-21(14-33-19-11-6-16(2)13-20(19)31-3)26-27-24(28)34-15-22(29)25-18-9-7-17(8-10-18)23(30)32-4/h5-11,13H,1,12,14-15H2,2-4H3,(H,25,29). The lowest BCUT2D eigenvalue weighted by Gasteiger charge is -2.12. The Morgan fingerprint density at radius 2 is 1.88 bits per heavy atom. The Balaban J connectivity index is 1.61. The predicted molar refractivity (Wildman–Crippen MR) is 129 cm³/mol. The number of nitrogens with one attached hydrogen (secondary N) is 1. The summed E-state index contributed by atoms with van der Waals surface area (Å²) in [5.74, 6) is 1.32. The van der Waals surface area contributed by atoms with Gasteiger partial charge in [0.25, 0.3) is 0 Å². The number of hydrogen-bond donors (Lipinski definition) is 1. The van der Waals surface area contributed by atoms with Crippen molar-refractivity contribution in [3.8, 4) is 11.5 Å². The van der Waals surface area contributed by atoms with E-state index in [0.29, 0.717) is 40.3 Å². The first-order chi connectivity index (χ1) is 16.4. The van der Waals surface area contributed by atoms with Crippen LogP contribution in [0.5, 0.6) is 11.5 Å². The van der Waals surface area contributed by atoms with Crippen molar-refractivity contribution in [3.05, 3.63) is 72.1 Å². The molecule has 1 heterocycles. The Morgan fingerprint density at radius 3 is 2.56 bits per heavy atom. The normalized spacial score (nSPS) is 10.4. The molecule has 0 aliphatic heterocycles. The summed E-state index contributed by atoms with van der Waals surface area (Å²) >= 11 is 1.25. The van der Waals surface area contributed by atoms with Gasteiger partial charge in [-0.3, -0.25) is 9.36 Å². The number of allylic oxidation sites excluding steroid dienone is 1. The maximum absolute atomic E-state index is 12.4. The fourth-order valence-corrected chi connectivity index (χ4v) is 3.78. The molecule has 0 saturated carbocycles. The van der Waals surface area contributed by atoms with E-state index in [4.69, 9.17) is 9.47 Å². The van der Waals surface area contributed by atoms with Crippen molar-refractivity contribution in [1.29, 1.82) is 0 Å². The summed E-state index contributed by atoms with van der Waals surface area (Å²) in [7, 11) is 2.91. The van der Waals surface area contributed by atoms with Crippen molar-refractivity contribution in [1.82, 2.24) is 14.8 Å². The van der Waals surface area contributed by atoms with Gasteiger partial charge in [-0.05, 0) is 48.9 Å². The molecule has 0 saturated heterocycles. The number of anilines is 1. The summed E-state index contributed by atoms with van der Waals surface area (Å²) in [4.78, 5) is 23.9. The second-order valence-corrected chi connectivity index (χ2v) is 8.09. The first kappa shape index (κ1) is 24.8. The minimum absolute atomic E-state index is 0.126. The van der Waals surface area contributed by atoms with Gasteiger partial charge in [0.1, 0.15) is 6.61 Å². The summed E-state index contributed by atoms with van der Waals surface area (Å²) in [6.07, 6.45) is 1.73. The van der Waals surface area contributed by atoms with Crippen LogP contribution in [0.15, 0.2) is 60.3 Å². The van der Waals surface area contributed by atoms with Gasteiger partial charge in [0.05, 0.1) is 25.5 Å². The predicted octanol–water partition coefficient (Wildman–Crippen LogP) is 3.88. The van der Waals surface area contributed by atoms with E-state index < -0.39 is 5.97 Å². The maximum Gasteiger partial charge on any atom is 0.337 e. The number of carbonyl (C=O) groups is 2. The van der Waals surface area contributed by atoms with E-state index in [9.17, 15) is 9.59 Å². The molecule has 10 heteroatoms. The van der Waals surface area contributed by atoms with Crippen molar-refractivity contribution in [3.63, 3.8) is 0 Å². The fraction of sp³-hybridized carbons (Fsp3) is 0.250. The number of ether oxygens (including phenoxy) is 3. The number of esters is 1. The van der Waals surface area contributed by atoms with Crippen molar-refractivity contribution < 1.29 is 23.8 Å². The summed E-state index contributed by atoms with van der Waals surface area (Å²) in [6.45, 7) is 6.42. The molecule has 2 aromatic carbocycles. The van der Waals surface area contributed by atoms with E-state index in [1.807, 2.05) is 29.7 Å². The van der Waals surface area contributed by atoms with E-state index in [0.717, 1.165) is 5.56 Å². The molecule has 9 nitrogen and oxygen atoms in total. The number of benzene rings is 2. The second-order valence-electron chi connectivity index (χ2n) is 7.15. The Kier molecular flexibility index (Phi) is 8.69. The van der Waals surface area contributed by atoms with E-state index in [1.54, 1.807) is 37.5 Å². The molecule has 0 bridgehead atoms. The molecule has 0 spiro atoms. The highest BCUT2D eigenvalue weighted by Crippen LogP contribution is 2.28. The first-order valence-corrected chi connectivity index (χ1v) is 11.3. The van der Waals surface area contributed by atoms with Crippen molar-refractivity contribution in [2.24, 2.45) is 0 Å². The highest BCUT2D eigenvalue weighted by Gasteiger charge is 2.15. The lowest BCUT2D eigenvalue weighted by Crippen LogP contribution is -2.15. The Morgan fingerprint density at radius 1 is 1.12 bits per heavy atom. The number of carbonyl (C=O) groups excluding carboxylic acids is 2. The van der Waals surface area contributed by atoms with Crippen molar-refractivity contribution in [2.75, 3.05) is 25.3 Å². The Labute approximate surface area is 202 Å². The van der Waals surface area contributed by atoms with Gasteiger partial charge in [-0.2, -0.15) is 0 Å². The molecule has 1 amide bonds. The fourth-order valence-electron chi connectivity index (χ4n) is 3.02. The maximum atomic E-state index is 12.4. The third-order valence-corrected chi connectivity index (χ3v) is 5.67. The zero-order valence-corrected chi connectivity index (χ0v) is 20.1. The molecule has 0 aliphatic carbocycles. The van der Waals surface area contributed by atoms with Gasteiger partial charge in [0.2, 0.25) is 5.91 Å². The van der Waals surface area contributed by atoms with Crippen LogP contribution in [0.3, 0.4) is 0 Å². The van der Waals surface area contributed by atoms with E-state index in [2.05, 4.69) is 26.8 Å². The molecule has 0 radical (unpaired) electrons. The number of aryl methyl sites for hydroxylation is 1. The number of hydrogen-bond acceptors (Lipinski definition) is 8. The van der Waals surface area contributed by atoms with E-state index in [-0.39, 0.29) is 18.3 Å². The van der Waals surface area contributed by atoms with Crippen molar-refractivity contribution in [2.45, 2.75) is 25.2 Å². The van der Waals surface area contributed by atoms with Crippen LogP contribution in [-0.2, 0) is 22.7 Å². The largest absolute Gasteiger partial charge is 0.493 e. The van der Waals surface area contributed by atoms with Gasteiger partial charge in [-0.15, -0.1) is 16.8 Å². The van der Waals surface area contributed by atoms with Crippen LogP contribution in [0.1, 0.15) is 21.7 Å². The molecule has 3 rings (SSSR count). The molecule has 0 aliphatic rings. The van der Waals surface area contributed by atoms with Crippen LogP contribution < -0.4 is 14.8 Å². The van der Waals surface area contributed by atoms with Crippen LogP contribution >= 0.6 is 11.8 Å². The minimum Gasteiger partial charge on any atom is -0.493 e. The van der Waals surface area contributed by atoms with Gasteiger partial charge < -0.3 is 19.5 Å². The zero-order valence-electron chi connectivity index (χ0n) is 19.2. The van der Waals surface area contributed by atoms with Gasteiger partial charge >= 0.3 is 5.97 Å². The average molecular weight is 483 g/mol.